The SMILES string of the molecule is CC[C@@H](C)NC(=O)[C@@H](C)N(Cc1c(Cl)cccc1Cl)C(=O)CN(c1ccccc1C)S(=O)(=O)c1ccc(C)cc1. The molecule has 0 fully saturated rings. The van der Waals surface area contributed by atoms with Gasteiger partial charge in [0.05, 0.1) is 10.6 Å². The molecule has 0 aliphatic heterocycles. The molecular weight excluding hydrogens is 569 g/mol. The Labute approximate surface area is 247 Å². The number of hydrogen-bond donors (Lipinski definition) is 1. The van der Waals surface area contributed by atoms with E-state index >= 15 is 0 Å². The molecule has 0 aliphatic rings. The summed E-state index contributed by atoms with van der Waals surface area (Å²) in [6, 6.07) is 17.3. The van der Waals surface area contributed by atoms with Gasteiger partial charge < -0.3 is 10.2 Å². The van der Waals surface area contributed by atoms with Crippen LogP contribution in [0.5, 0.6) is 0 Å². The molecular formula is C30H35Cl2N3O4S. The molecule has 3 rings (SSSR count). The molecule has 0 bridgehead atoms. The molecule has 40 heavy (non-hydrogen) atoms. The van der Waals surface area contributed by atoms with Crippen molar-refractivity contribution in [2.45, 2.75) is 64.6 Å². The molecule has 214 valence electrons. The van der Waals surface area contributed by atoms with Crippen molar-refractivity contribution in [2.75, 3.05) is 10.8 Å². The lowest BCUT2D eigenvalue weighted by molar-refractivity contribution is -0.139. The Kier molecular flexibility index (Phi) is 10.6. The van der Waals surface area contributed by atoms with Crippen molar-refractivity contribution in [3.63, 3.8) is 0 Å². The van der Waals surface area contributed by atoms with E-state index in [1.165, 1.54) is 17.0 Å². The van der Waals surface area contributed by atoms with Gasteiger partial charge in [0.15, 0.2) is 0 Å². The molecule has 0 spiro atoms. The van der Waals surface area contributed by atoms with E-state index in [1.54, 1.807) is 68.4 Å². The summed E-state index contributed by atoms with van der Waals surface area (Å²) in [6.07, 6.45) is 0.707. The summed E-state index contributed by atoms with van der Waals surface area (Å²) in [4.78, 5) is 28.6. The van der Waals surface area contributed by atoms with Gasteiger partial charge in [-0.25, -0.2) is 8.42 Å². The first kappa shape index (κ1) is 31.5. The van der Waals surface area contributed by atoms with Gasteiger partial charge in [-0.2, -0.15) is 0 Å². The van der Waals surface area contributed by atoms with Crippen LogP contribution in [0.3, 0.4) is 0 Å². The van der Waals surface area contributed by atoms with Gasteiger partial charge in [-0.15, -0.1) is 0 Å². The Morgan fingerprint density at radius 3 is 2.08 bits per heavy atom. The second kappa shape index (κ2) is 13.5. The minimum absolute atomic E-state index is 0.0532. The van der Waals surface area contributed by atoms with Gasteiger partial charge in [0.2, 0.25) is 11.8 Å². The zero-order valence-electron chi connectivity index (χ0n) is 23.3. The number of rotatable bonds is 11. The molecule has 0 heterocycles. The Morgan fingerprint density at radius 2 is 1.50 bits per heavy atom. The number of para-hydroxylation sites is 1. The second-order valence-electron chi connectivity index (χ2n) is 9.83. The Bertz CT molecular complexity index is 1440. The van der Waals surface area contributed by atoms with Gasteiger partial charge >= 0.3 is 0 Å². The zero-order chi connectivity index (χ0) is 29.6. The van der Waals surface area contributed by atoms with Crippen LogP contribution in [0.15, 0.2) is 71.6 Å². The molecule has 3 aromatic rings. The molecule has 0 aromatic heterocycles. The maximum Gasteiger partial charge on any atom is 0.264 e. The van der Waals surface area contributed by atoms with Gasteiger partial charge in [0.1, 0.15) is 12.6 Å². The quantitative estimate of drug-likeness (QED) is 0.285. The largest absolute Gasteiger partial charge is 0.352 e. The lowest BCUT2D eigenvalue weighted by Crippen LogP contribution is -2.52. The van der Waals surface area contributed by atoms with Gasteiger partial charge in [0, 0.05) is 28.2 Å². The van der Waals surface area contributed by atoms with E-state index in [-0.39, 0.29) is 23.4 Å². The summed E-state index contributed by atoms with van der Waals surface area (Å²) >= 11 is 12.9. The highest BCUT2D eigenvalue weighted by Gasteiger charge is 2.33. The number of nitrogens with zero attached hydrogens (tertiary/aromatic N) is 2. The van der Waals surface area contributed by atoms with Crippen LogP contribution in [-0.2, 0) is 26.2 Å². The van der Waals surface area contributed by atoms with Crippen molar-refractivity contribution in [1.29, 1.82) is 0 Å². The summed E-state index contributed by atoms with van der Waals surface area (Å²) in [5.74, 6) is -0.948. The van der Waals surface area contributed by atoms with Gasteiger partial charge in [-0.1, -0.05) is 72.1 Å². The minimum Gasteiger partial charge on any atom is -0.352 e. The lowest BCUT2D eigenvalue weighted by atomic mass is 10.1. The number of nitrogens with one attached hydrogen (secondary N) is 1. The smallest absolute Gasteiger partial charge is 0.264 e. The number of anilines is 1. The summed E-state index contributed by atoms with van der Waals surface area (Å²) < 4.78 is 29.0. The molecule has 0 unspecified atom stereocenters. The predicted octanol–water partition coefficient (Wildman–Crippen LogP) is 6.14. The molecule has 0 radical (unpaired) electrons. The van der Waals surface area contributed by atoms with Crippen LogP contribution in [0, 0.1) is 13.8 Å². The first-order valence-corrected chi connectivity index (χ1v) is 15.2. The van der Waals surface area contributed by atoms with Crippen molar-refractivity contribution < 1.29 is 18.0 Å². The van der Waals surface area contributed by atoms with E-state index in [2.05, 4.69) is 5.32 Å². The number of carbonyl (C=O) groups excluding carboxylic acids is 2. The normalized spacial score (nSPS) is 12.9. The average molecular weight is 605 g/mol. The zero-order valence-corrected chi connectivity index (χ0v) is 25.6. The first-order chi connectivity index (χ1) is 18.9. The van der Waals surface area contributed by atoms with Gasteiger partial charge in [-0.05, 0) is 70.0 Å². The molecule has 2 amide bonds. The monoisotopic (exact) mass is 603 g/mol. The highest BCUT2D eigenvalue weighted by Crippen LogP contribution is 2.29. The highest BCUT2D eigenvalue weighted by molar-refractivity contribution is 7.92. The Balaban J connectivity index is 2.08. The Morgan fingerprint density at radius 1 is 0.900 bits per heavy atom. The van der Waals surface area contributed by atoms with Crippen molar-refractivity contribution in [1.82, 2.24) is 10.2 Å². The number of halogens is 2. The van der Waals surface area contributed by atoms with Crippen molar-refractivity contribution >= 4 is 50.7 Å². The fourth-order valence-electron chi connectivity index (χ4n) is 4.10. The molecule has 2 atom stereocenters. The highest BCUT2D eigenvalue weighted by atomic mass is 35.5. The fraction of sp³-hybridized carbons (Fsp3) is 0.333. The number of benzene rings is 3. The third-order valence-corrected chi connectivity index (χ3v) is 9.31. The standard InChI is InChI=1S/C30H35Cl2N3O4S/c1-6-22(4)33-30(37)23(5)34(18-25-26(31)11-9-12-27(25)32)29(36)19-35(28-13-8-7-10-21(28)3)40(38,39)24-16-14-20(2)15-17-24/h7-17,22-23H,6,18-19H2,1-5H3,(H,33,37)/t22-,23-/m1/s1. The topological polar surface area (TPSA) is 86.8 Å². The molecule has 10 heteroatoms. The maximum atomic E-state index is 14.1. The van der Waals surface area contributed by atoms with E-state index in [9.17, 15) is 18.0 Å². The molecule has 7 nitrogen and oxygen atoms in total. The molecule has 0 saturated carbocycles. The van der Waals surface area contributed by atoms with Crippen LogP contribution >= 0.6 is 23.2 Å². The summed E-state index contributed by atoms with van der Waals surface area (Å²) in [5, 5.41) is 3.58. The number of sulfonamides is 1. The predicted molar refractivity (Wildman–Crippen MR) is 161 cm³/mol. The minimum atomic E-state index is -4.15. The first-order valence-electron chi connectivity index (χ1n) is 13.0. The van der Waals surface area contributed by atoms with Crippen molar-refractivity contribution in [3.8, 4) is 0 Å². The Hall–Kier alpha value is -3.07. The van der Waals surface area contributed by atoms with E-state index in [4.69, 9.17) is 23.2 Å². The summed E-state index contributed by atoms with van der Waals surface area (Å²) in [5.41, 5.74) is 2.41. The molecule has 0 aliphatic carbocycles. The van der Waals surface area contributed by atoms with E-state index in [0.717, 1.165) is 9.87 Å². The molecule has 0 saturated heterocycles. The van der Waals surface area contributed by atoms with Crippen LogP contribution in [0.1, 0.15) is 43.9 Å². The third kappa shape index (κ3) is 7.36. The number of amides is 2. The number of hydrogen-bond acceptors (Lipinski definition) is 4. The number of aryl methyl sites for hydroxylation is 2. The van der Waals surface area contributed by atoms with Crippen LogP contribution < -0.4 is 9.62 Å². The molecule has 3 aromatic carbocycles. The summed E-state index contributed by atoms with van der Waals surface area (Å²) in [7, 11) is -4.15. The second-order valence-corrected chi connectivity index (χ2v) is 12.5. The molecule has 1 N–H and O–H groups in total. The van der Waals surface area contributed by atoms with Gasteiger partial charge in [0.25, 0.3) is 10.0 Å². The van der Waals surface area contributed by atoms with Crippen LogP contribution in [-0.4, -0.2) is 43.8 Å². The lowest BCUT2D eigenvalue weighted by Gasteiger charge is -2.33. The fourth-order valence-corrected chi connectivity index (χ4v) is 6.09. The van der Waals surface area contributed by atoms with E-state index in [0.29, 0.717) is 33.3 Å². The van der Waals surface area contributed by atoms with E-state index < -0.39 is 28.5 Å². The third-order valence-electron chi connectivity index (χ3n) is 6.83. The number of carbonyl (C=O) groups is 2. The van der Waals surface area contributed by atoms with Crippen LogP contribution in [0.25, 0.3) is 0 Å². The van der Waals surface area contributed by atoms with Crippen molar-refractivity contribution in [3.05, 3.63) is 93.5 Å². The summed E-state index contributed by atoms with van der Waals surface area (Å²) in [6.45, 7) is 8.44. The van der Waals surface area contributed by atoms with Crippen LogP contribution in [0.2, 0.25) is 10.0 Å². The average Bonchev–Trinajstić information content (AvgIpc) is 2.91. The van der Waals surface area contributed by atoms with Crippen LogP contribution in [0.4, 0.5) is 5.69 Å². The van der Waals surface area contributed by atoms with E-state index in [1.807, 2.05) is 20.8 Å². The maximum absolute atomic E-state index is 14.1. The van der Waals surface area contributed by atoms with Crippen molar-refractivity contribution in [2.24, 2.45) is 0 Å². The van der Waals surface area contributed by atoms with Gasteiger partial charge in [-0.3, -0.25) is 13.9 Å².